The van der Waals surface area contributed by atoms with E-state index >= 15 is 0 Å². The van der Waals surface area contributed by atoms with E-state index in [-0.39, 0.29) is 38.6 Å². The second kappa shape index (κ2) is 7.73. The molecule has 4 heteroatoms. The zero-order valence-electron chi connectivity index (χ0n) is 23.8. The summed E-state index contributed by atoms with van der Waals surface area (Å²) in [7, 11) is 0. The van der Waals surface area contributed by atoms with E-state index in [0.717, 1.165) is 75.6 Å². The molecule has 1 aliphatic heterocycles. The molecule has 0 radical (unpaired) electrons. The highest BCUT2D eigenvalue weighted by Crippen LogP contribution is 2.75. The zero-order valence-corrected chi connectivity index (χ0v) is 23.8. The Labute approximate surface area is 223 Å². The van der Waals surface area contributed by atoms with Crippen LogP contribution < -0.4 is 0 Å². The van der Waals surface area contributed by atoms with Crippen molar-refractivity contribution in [3.8, 4) is 0 Å². The van der Waals surface area contributed by atoms with Crippen molar-refractivity contribution < 1.29 is 14.7 Å². The topological polar surface area (TPSA) is 57.6 Å². The van der Waals surface area contributed by atoms with E-state index in [1.165, 1.54) is 12.0 Å². The average Bonchev–Trinajstić information content (AvgIpc) is 3.40. The number of allylic oxidation sites excluding steroid dienone is 7. The van der Waals surface area contributed by atoms with Gasteiger partial charge >= 0.3 is 0 Å². The predicted octanol–water partition coefficient (Wildman–Crippen LogP) is 7.24. The monoisotopic (exact) mass is 503 g/mol. The molecular weight excluding hydrogens is 458 g/mol. The first-order valence-corrected chi connectivity index (χ1v) is 14.7. The van der Waals surface area contributed by atoms with Gasteiger partial charge in [-0.25, -0.2) is 0 Å². The van der Waals surface area contributed by atoms with Crippen molar-refractivity contribution in [2.24, 2.45) is 33.0 Å². The van der Waals surface area contributed by atoms with Gasteiger partial charge in [0.2, 0.25) is 11.7 Å². The van der Waals surface area contributed by atoms with E-state index < -0.39 is 0 Å². The number of aliphatic hydroxyl groups excluding tert-OH is 1. The van der Waals surface area contributed by atoms with Crippen LogP contribution in [-0.2, 0) is 9.59 Å². The van der Waals surface area contributed by atoms with Crippen molar-refractivity contribution in [2.45, 2.75) is 99.3 Å². The average molecular weight is 504 g/mol. The van der Waals surface area contributed by atoms with Gasteiger partial charge in [0.05, 0.1) is 0 Å². The van der Waals surface area contributed by atoms with Gasteiger partial charge in [-0.15, -0.1) is 0 Å². The van der Waals surface area contributed by atoms with Gasteiger partial charge in [-0.05, 0) is 104 Å². The largest absolute Gasteiger partial charge is 0.504 e. The molecule has 1 saturated heterocycles. The number of amides is 1. The summed E-state index contributed by atoms with van der Waals surface area (Å²) in [6, 6.07) is 0. The summed E-state index contributed by atoms with van der Waals surface area (Å²) in [5.41, 5.74) is 4.20. The molecule has 6 aliphatic rings. The van der Waals surface area contributed by atoms with Gasteiger partial charge in [0.25, 0.3) is 0 Å². The third kappa shape index (κ3) is 3.13. The van der Waals surface area contributed by atoms with Crippen molar-refractivity contribution in [1.82, 2.24) is 4.90 Å². The maximum Gasteiger partial charge on any atom is 0.228 e. The lowest BCUT2D eigenvalue weighted by molar-refractivity contribution is -0.174. The summed E-state index contributed by atoms with van der Waals surface area (Å²) in [6.45, 7) is 15.9. The number of hydrogen-bond donors (Lipinski definition) is 1. The molecule has 200 valence electrons. The van der Waals surface area contributed by atoms with Crippen LogP contribution in [0, 0.1) is 33.0 Å². The van der Waals surface area contributed by atoms with Gasteiger partial charge in [-0.3, -0.25) is 9.59 Å². The van der Waals surface area contributed by atoms with E-state index in [1.54, 1.807) is 6.08 Å². The van der Waals surface area contributed by atoms with Gasteiger partial charge in [-0.2, -0.15) is 0 Å². The van der Waals surface area contributed by atoms with E-state index in [0.29, 0.717) is 17.4 Å². The summed E-state index contributed by atoms with van der Waals surface area (Å²) in [5.74, 6) is 0.527. The van der Waals surface area contributed by atoms with Crippen molar-refractivity contribution >= 4 is 11.7 Å². The fourth-order valence-corrected chi connectivity index (χ4v) is 9.95. The maximum absolute atomic E-state index is 13.8. The molecule has 3 saturated carbocycles. The van der Waals surface area contributed by atoms with Crippen molar-refractivity contribution in [3.63, 3.8) is 0 Å². The van der Waals surface area contributed by atoms with Crippen LogP contribution in [0.2, 0.25) is 0 Å². The van der Waals surface area contributed by atoms with Crippen LogP contribution in [0.5, 0.6) is 0 Å². The first-order chi connectivity index (χ1) is 17.3. The van der Waals surface area contributed by atoms with Gasteiger partial charge in [0.15, 0.2) is 5.76 Å². The number of carbonyl (C=O) groups is 2. The molecule has 4 fully saturated rings. The molecule has 0 aromatic rings. The molecule has 1 heterocycles. The SMILES string of the molecule is CC1=C(O)C(=O)C=C2C1=CC=C1[C@@]2(C)CC[C@@]2(C)[C@@H]3C[C@](C)(C(=O)N4CCCC4)CC[C@]3(C)CC[C@]12C. The molecular formula is C33H45NO3. The summed E-state index contributed by atoms with van der Waals surface area (Å²) >= 11 is 0. The highest BCUT2D eigenvalue weighted by molar-refractivity contribution is 6.06. The molecule has 0 bridgehead atoms. The lowest BCUT2D eigenvalue weighted by Crippen LogP contribution is -2.62. The summed E-state index contributed by atoms with van der Waals surface area (Å²) in [6.07, 6.45) is 16.1. The van der Waals surface area contributed by atoms with Crippen molar-refractivity contribution in [2.75, 3.05) is 13.1 Å². The molecule has 0 unspecified atom stereocenters. The molecule has 1 N–H and O–H groups in total. The molecule has 1 amide bonds. The number of ketones is 1. The Hall–Kier alpha value is -2.10. The summed E-state index contributed by atoms with van der Waals surface area (Å²) in [5, 5.41) is 10.4. The Balaban J connectivity index is 1.42. The Kier molecular flexibility index (Phi) is 5.26. The minimum absolute atomic E-state index is 0.00213. The number of hydrogen-bond acceptors (Lipinski definition) is 3. The number of fused-ring (bicyclic) bond motifs is 7. The number of nitrogens with zero attached hydrogens (tertiary/aromatic N) is 1. The lowest BCUT2D eigenvalue weighted by atomic mass is 9.34. The van der Waals surface area contributed by atoms with Crippen LogP contribution in [0.3, 0.4) is 0 Å². The van der Waals surface area contributed by atoms with Crippen molar-refractivity contribution in [1.29, 1.82) is 0 Å². The Morgan fingerprint density at radius 1 is 0.946 bits per heavy atom. The second-order valence-corrected chi connectivity index (χ2v) is 14.6. The minimum atomic E-state index is -0.262. The standard InChI is InChI=1S/C33H45NO3/c1-21-22-9-10-25-31(4,23(22)19-24(35)27(21)36)14-16-33(6)26-20-30(3,28(37)34-17-7-8-18-34)12-11-29(26,2)13-15-32(25,33)5/h9-10,19,26,36H,7-8,11-18,20H2,1-6H3/t26-,29-,30-,31+,32-,33+/m1/s1. The third-order valence-corrected chi connectivity index (χ3v) is 12.8. The first kappa shape index (κ1) is 25.2. The van der Waals surface area contributed by atoms with Gasteiger partial charge < -0.3 is 10.0 Å². The number of rotatable bonds is 1. The van der Waals surface area contributed by atoms with Crippen LogP contribution in [0.15, 0.2) is 46.3 Å². The molecule has 4 nitrogen and oxygen atoms in total. The second-order valence-electron chi connectivity index (χ2n) is 14.6. The molecule has 0 aromatic carbocycles. The van der Waals surface area contributed by atoms with Crippen LogP contribution >= 0.6 is 0 Å². The molecule has 6 atom stereocenters. The van der Waals surface area contributed by atoms with Crippen LogP contribution in [-0.4, -0.2) is 34.8 Å². The molecule has 0 aromatic heterocycles. The summed E-state index contributed by atoms with van der Waals surface area (Å²) < 4.78 is 0. The van der Waals surface area contributed by atoms with Gasteiger partial charge in [-0.1, -0.05) is 52.3 Å². The smallest absolute Gasteiger partial charge is 0.228 e. The highest BCUT2D eigenvalue weighted by Gasteiger charge is 2.67. The van der Waals surface area contributed by atoms with E-state index in [4.69, 9.17) is 0 Å². The van der Waals surface area contributed by atoms with Crippen molar-refractivity contribution in [3.05, 3.63) is 46.3 Å². The normalized spacial score (nSPS) is 45.2. The first-order valence-electron chi connectivity index (χ1n) is 14.7. The van der Waals surface area contributed by atoms with Crippen LogP contribution in [0.25, 0.3) is 0 Å². The lowest BCUT2D eigenvalue weighted by Gasteiger charge is -2.70. The molecule has 6 rings (SSSR count). The predicted molar refractivity (Wildman–Crippen MR) is 147 cm³/mol. The Morgan fingerprint density at radius 3 is 2.32 bits per heavy atom. The number of likely N-dealkylation sites (tertiary alicyclic amines) is 1. The molecule has 5 aliphatic carbocycles. The maximum atomic E-state index is 13.8. The molecule has 0 spiro atoms. The third-order valence-electron chi connectivity index (χ3n) is 12.8. The fraction of sp³-hybridized carbons (Fsp3) is 0.697. The minimum Gasteiger partial charge on any atom is -0.504 e. The van der Waals surface area contributed by atoms with E-state index in [9.17, 15) is 14.7 Å². The van der Waals surface area contributed by atoms with Crippen LogP contribution in [0.4, 0.5) is 0 Å². The van der Waals surface area contributed by atoms with Gasteiger partial charge in [0, 0.05) is 29.5 Å². The van der Waals surface area contributed by atoms with E-state index in [2.05, 4.69) is 51.7 Å². The Bertz CT molecular complexity index is 1210. The fourth-order valence-electron chi connectivity index (χ4n) is 9.95. The quantitative estimate of drug-likeness (QED) is 0.410. The van der Waals surface area contributed by atoms with Gasteiger partial charge in [0.1, 0.15) is 0 Å². The number of aliphatic hydroxyl groups is 1. The highest BCUT2D eigenvalue weighted by atomic mass is 16.3. The molecule has 37 heavy (non-hydrogen) atoms. The van der Waals surface area contributed by atoms with E-state index in [1.807, 2.05) is 6.92 Å². The Morgan fingerprint density at radius 2 is 1.62 bits per heavy atom. The summed E-state index contributed by atoms with van der Waals surface area (Å²) in [4.78, 5) is 28.7. The number of carbonyl (C=O) groups excluding carboxylic acids is 2. The zero-order chi connectivity index (χ0) is 26.6. The van der Waals surface area contributed by atoms with Crippen LogP contribution in [0.1, 0.15) is 99.3 Å².